The molecule has 5 nitrogen and oxygen atoms in total. The molecule has 5 rings (SSSR count). The molecule has 1 saturated heterocycles. The summed E-state index contributed by atoms with van der Waals surface area (Å²) in [5.41, 5.74) is 10.3. The summed E-state index contributed by atoms with van der Waals surface area (Å²) >= 11 is 0. The van der Waals surface area contributed by atoms with Crippen molar-refractivity contribution in [2.24, 2.45) is 4.99 Å². The molecule has 2 aromatic carbocycles. The van der Waals surface area contributed by atoms with Gasteiger partial charge in [0, 0.05) is 61.0 Å². The van der Waals surface area contributed by atoms with Crippen molar-refractivity contribution in [3.8, 4) is 11.3 Å². The Morgan fingerprint density at radius 2 is 1.62 bits per heavy atom. The molecule has 0 radical (unpaired) electrons. The number of pyridine rings is 1. The summed E-state index contributed by atoms with van der Waals surface area (Å²) in [4.78, 5) is 26.9. The Balaban J connectivity index is 1.57. The largest absolute Gasteiger partial charge is 0.336 e. The molecule has 0 unspecified atom stereocenters. The van der Waals surface area contributed by atoms with Gasteiger partial charge in [-0.05, 0) is 81.5 Å². The lowest BCUT2D eigenvalue weighted by Crippen LogP contribution is -2.47. The van der Waals surface area contributed by atoms with Crippen LogP contribution in [0, 0.1) is 6.92 Å². The van der Waals surface area contributed by atoms with Crippen molar-refractivity contribution in [1.29, 1.82) is 0 Å². The second kappa shape index (κ2) is 9.30. The minimum atomic E-state index is 0.127. The SMILES string of the molecule is CN=C(C)c1c(C)ccc2nc(-c3ccc(C(=O)N4CCN(C)CC4)cc3)c3c(c12)CCCC3. The van der Waals surface area contributed by atoms with Crippen LogP contribution in [0.25, 0.3) is 22.2 Å². The van der Waals surface area contributed by atoms with Crippen LogP contribution in [0.5, 0.6) is 0 Å². The number of hydrogen-bond donors (Lipinski definition) is 0. The Bertz CT molecular complexity index is 1270. The number of hydrogen-bond acceptors (Lipinski definition) is 4. The van der Waals surface area contributed by atoms with Crippen molar-refractivity contribution in [3.05, 3.63) is 64.2 Å². The Morgan fingerprint density at radius 3 is 2.29 bits per heavy atom. The predicted molar refractivity (Wildman–Crippen MR) is 140 cm³/mol. The van der Waals surface area contributed by atoms with Crippen LogP contribution < -0.4 is 0 Å². The fraction of sp³-hybridized carbons (Fsp3) is 0.414. The van der Waals surface area contributed by atoms with Gasteiger partial charge in [0.25, 0.3) is 5.91 Å². The first-order valence-corrected chi connectivity index (χ1v) is 12.4. The number of amides is 1. The quantitative estimate of drug-likeness (QED) is 0.528. The van der Waals surface area contributed by atoms with E-state index < -0.39 is 0 Å². The average molecular weight is 455 g/mol. The number of aliphatic imine (C=N–C) groups is 1. The molecule has 0 N–H and O–H groups in total. The van der Waals surface area contributed by atoms with Crippen LogP contribution in [-0.2, 0) is 12.8 Å². The highest BCUT2D eigenvalue weighted by Gasteiger charge is 2.24. The zero-order valence-corrected chi connectivity index (χ0v) is 20.8. The molecule has 2 aliphatic rings. The molecular weight excluding hydrogens is 420 g/mol. The molecule has 1 fully saturated rings. The Morgan fingerprint density at radius 1 is 0.941 bits per heavy atom. The van der Waals surface area contributed by atoms with Gasteiger partial charge in [0.15, 0.2) is 0 Å². The van der Waals surface area contributed by atoms with E-state index >= 15 is 0 Å². The summed E-state index contributed by atoms with van der Waals surface area (Å²) in [6.07, 6.45) is 4.52. The topological polar surface area (TPSA) is 48.8 Å². The highest BCUT2D eigenvalue weighted by molar-refractivity contribution is 6.12. The van der Waals surface area contributed by atoms with Crippen LogP contribution in [-0.4, -0.2) is 66.7 Å². The van der Waals surface area contributed by atoms with E-state index in [2.05, 4.69) is 55.1 Å². The van der Waals surface area contributed by atoms with Gasteiger partial charge in [-0.3, -0.25) is 9.79 Å². The second-order valence-electron chi connectivity index (χ2n) is 9.76. The van der Waals surface area contributed by atoms with Crippen LogP contribution >= 0.6 is 0 Å². The third-order valence-electron chi connectivity index (χ3n) is 7.57. The molecule has 3 aromatic rings. The van der Waals surface area contributed by atoms with Crippen LogP contribution in [0.4, 0.5) is 0 Å². The summed E-state index contributed by atoms with van der Waals surface area (Å²) in [7, 11) is 3.97. The monoisotopic (exact) mass is 454 g/mol. The lowest BCUT2D eigenvalue weighted by atomic mass is 9.83. The molecule has 2 heterocycles. The number of carbonyl (C=O) groups excluding carboxylic acids is 1. The molecule has 176 valence electrons. The van der Waals surface area contributed by atoms with Crippen molar-refractivity contribution < 1.29 is 4.79 Å². The number of aryl methyl sites for hydroxylation is 2. The predicted octanol–water partition coefficient (Wildman–Crippen LogP) is 4.92. The zero-order valence-electron chi connectivity index (χ0n) is 20.8. The maximum atomic E-state index is 13.0. The van der Waals surface area contributed by atoms with Gasteiger partial charge in [-0.2, -0.15) is 0 Å². The Labute approximate surface area is 202 Å². The van der Waals surface area contributed by atoms with E-state index in [1.54, 1.807) is 0 Å². The van der Waals surface area contributed by atoms with E-state index in [9.17, 15) is 4.79 Å². The van der Waals surface area contributed by atoms with E-state index in [0.29, 0.717) is 0 Å². The fourth-order valence-corrected chi connectivity index (χ4v) is 5.50. The molecule has 1 amide bonds. The minimum Gasteiger partial charge on any atom is -0.336 e. The molecule has 1 aliphatic heterocycles. The number of rotatable bonds is 3. The number of aromatic nitrogens is 1. The summed E-state index contributed by atoms with van der Waals surface area (Å²) in [6.45, 7) is 7.71. The summed E-state index contributed by atoms with van der Waals surface area (Å²) in [5, 5.41) is 1.28. The van der Waals surface area contributed by atoms with Crippen molar-refractivity contribution >= 4 is 22.5 Å². The Hall–Kier alpha value is -3.05. The van der Waals surface area contributed by atoms with E-state index in [4.69, 9.17) is 4.98 Å². The molecular formula is C29H34N4O. The molecule has 0 atom stereocenters. The molecule has 34 heavy (non-hydrogen) atoms. The first-order chi connectivity index (χ1) is 16.5. The van der Waals surface area contributed by atoms with Crippen molar-refractivity contribution in [1.82, 2.24) is 14.8 Å². The van der Waals surface area contributed by atoms with Gasteiger partial charge in [0.05, 0.1) is 11.2 Å². The van der Waals surface area contributed by atoms with Gasteiger partial charge in [-0.25, -0.2) is 4.98 Å². The van der Waals surface area contributed by atoms with Crippen LogP contribution in [0.1, 0.15) is 52.4 Å². The Kier molecular flexibility index (Phi) is 6.22. The normalized spacial score (nSPS) is 17.2. The van der Waals surface area contributed by atoms with E-state index in [1.807, 2.05) is 24.1 Å². The number of likely N-dealkylation sites (N-methyl/N-ethyl adjacent to an activating group) is 1. The molecule has 1 aromatic heterocycles. The molecule has 0 saturated carbocycles. The number of benzene rings is 2. The second-order valence-corrected chi connectivity index (χ2v) is 9.76. The van der Waals surface area contributed by atoms with Gasteiger partial charge >= 0.3 is 0 Å². The third-order valence-corrected chi connectivity index (χ3v) is 7.57. The fourth-order valence-electron chi connectivity index (χ4n) is 5.50. The van der Waals surface area contributed by atoms with Gasteiger partial charge in [-0.1, -0.05) is 18.2 Å². The summed E-state index contributed by atoms with van der Waals surface area (Å²) < 4.78 is 0. The first-order valence-electron chi connectivity index (χ1n) is 12.4. The van der Waals surface area contributed by atoms with E-state index in [0.717, 1.165) is 67.1 Å². The van der Waals surface area contributed by atoms with Gasteiger partial charge < -0.3 is 9.80 Å². The molecule has 0 spiro atoms. The highest BCUT2D eigenvalue weighted by atomic mass is 16.2. The van der Waals surface area contributed by atoms with Gasteiger partial charge in [0.1, 0.15) is 0 Å². The third kappa shape index (κ3) is 4.03. The maximum Gasteiger partial charge on any atom is 0.253 e. The average Bonchev–Trinajstić information content (AvgIpc) is 2.88. The number of nitrogens with zero attached hydrogens (tertiary/aromatic N) is 4. The van der Waals surface area contributed by atoms with Crippen LogP contribution in [0.15, 0.2) is 41.4 Å². The van der Waals surface area contributed by atoms with Crippen LogP contribution in [0.2, 0.25) is 0 Å². The number of piperazine rings is 1. The number of fused-ring (bicyclic) bond motifs is 3. The molecule has 1 aliphatic carbocycles. The molecule has 0 bridgehead atoms. The smallest absolute Gasteiger partial charge is 0.253 e. The lowest BCUT2D eigenvalue weighted by Gasteiger charge is -2.32. The summed E-state index contributed by atoms with van der Waals surface area (Å²) in [6, 6.07) is 12.4. The van der Waals surface area contributed by atoms with Crippen molar-refractivity contribution in [2.45, 2.75) is 39.5 Å². The van der Waals surface area contributed by atoms with Gasteiger partial charge in [0.2, 0.25) is 0 Å². The highest BCUT2D eigenvalue weighted by Crippen LogP contribution is 2.37. The summed E-state index contributed by atoms with van der Waals surface area (Å²) in [5.74, 6) is 0.127. The van der Waals surface area contributed by atoms with Crippen LogP contribution in [0.3, 0.4) is 0 Å². The van der Waals surface area contributed by atoms with E-state index in [1.165, 1.54) is 40.5 Å². The van der Waals surface area contributed by atoms with Crippen molar-refractivity contribution in [3.63, 3.8) is 0 Å². The number of carbonyl (C=O) groups is 1. The van der Waals surface area contributed by atoms with Gasteiger partial charge in [-0.15, -0.1) is 0 Å². The minimum absolute atomic E-state index is 0.127. The van der Waals surface area contributed by atoms with Crippen molar-refractivity contribution in [2.75, 3.05) is 40.3 Å². The maximum absolute atomic E-state index is 13.0. The first kappa shape index (κ1) is 22.7. The molecule has 5 heteroatoms. The standard InChI is InChI=1S/C29H34N4O/c1-19-9-14-25-27(26(19)20(2)30-3)23-7-5-6-8-24(23)28(31-25)21-10-12-22(13-11-21)29(34)33-17-15-32(4)16-18-33/h9-14H,5-8,15-18H2,1-4H3. The lowest BCUT2D eigenvalue weighted by molar-refractivity contribution is 0.0664. The van der Waals surface area contributed by atoms with E-state index in [-0.39, 0.29) is 5.91 Å². The zero-order chi connectivity index (χ0) is 23.8.